The number of rotatable bonds is 4. The quantitative estimate of drug-likeness (QED) is 0.565. The topological polar surface area (TPSA) is 78.8 Å². The van der Waals surface area contributed by atoms with E-state index in [1.807, 2.05) is 35.1 Å². The van der Waals surface area contributed by atoms with Crippen molar-refractivity contribution in [3.63, 3.8) is 0 Å². The lowest BCUT2D eigenvalue weighted by atomic mass is 9.86. The van der Waals surface area contributed by atoms with Crippen LogP contribution in [0.15, 0.2) is 82.8 Å². The molecule has 0 aromatic heterocycles. The van der Waals surface area contributed by atoms with Gasteiger partial charge >= 0.3 is 6.03 Å². The van der Waals surface area contributed by atoms with E-state index >= 15 is 0 Å². The molecule has 1 aliphatic heterocycles. The molecule has 0 bridgehead atoms. The van der Waals surface area contributed by atoms with Crippen molar-refractivity contribution in [1.29, 1.82) is 0 Å². The molecule has 0 spiro atoms. The Morgan fingerprint density at radius 2 is 1.64 bits per heavy atom. The molecule has 10 heteroatoms. The first kappa shape index (κ1) is 22.9. The van der Waals surface area contributed by atoms with E-state index in [0.29, 0.717) is 35.4 Å². The standard InChI is InChI=1S/C23H18ClF2N3O3S/c24-17-8-6-16(7-9-17)22-21(15-4-2-1-3-5-15)10-11-29(27-22)23(30)28-33(31,32)20-13-18(25)12-19(26)14-20/h1-9,12-14,21H,10-11H2,(H,28,30). The van der Waals surface area contributed by atoms with E-state index in [2.05, 4.69) is 5.10 Å². The third kappa shape index (κ3) is 5.20. The maximum absolute atomic E-state index is 13.5. The summed E-state index contributed by atoms with van der Waals surface area (Å²) < 4.78 is 53.8. The van der Waals surface area contributed by atoms with E-state index in [1.165, 1.54) is 0 Å². The molecule has 0 saturated heterocycles. The van der Waals surface area contributed by atoms with E-state index in [0.717, 1.165) is 16.1 Å². The van der Waals surface area contributed by atoms with Crippen LogP contribution >= 0.6 is 11.6 Å². The van der Waals surface area contributed by atoms with E-state index in [4.69, 9.17) is 11.6 Å². The van der Waals surface area contributed by atoms with Crippen molar-refractivity contribution in [3.8, 4) is 0 Å². The zero-order valence-electron chi connectivity index (χ0n) is 17.1. The van der Waals surface area contributed by atoms with Gasteiger partial charge in [-0.15, -0.1) is 0 Å². The number of carbonyl (C=O) groups excluding carboxylic acids is 1. The zero-order valence-corrected chi connectivity index (χ0v) is 18.7. The summed E-state index contributed by atoms with van der Waals surface area (Å²) in [7, 11) is -4.52. The number of hydrazone groups is 1. The van der Waals surface area contributed by atoms with Gasteiger partial charge in [0.25, 0.3) is 10.0 Å². The minimum atomic E-state index is -4.52. The Balaban J connectivity index is 1.65. The first-order chi connectivity index (χ1) is 15.7. The van der Waals surface area contributed by atoms with Crippen LogP contribution in [0, 0.1) is 11.6 Å². The van der Waals surface area contributed by atoms with Crippen LogP contribution in [-0.2, 0) is 10.0 Å². The summed E-state index contributed by atoms with van der Waals surface area (Å²) in [5, 5.41) is 5.97. The predicted octanol–water partition coefficient (Wildman–Crippen LogP) is 4.91. The van der Waals surface area contributed by atoms with Crippen molar-refractivity contribution in [2.75, 3.05) is 6.54 Å². The van der Waals surface area contributed by atoms with Crippen LogP contribution in [0.5, 0.6) is 0 Å². The molecule has 2 amide bonds. The number of hydrogen-bond acceptors (Lipinski definition) is 4. The highest BCUT2D eigenvalue weighted by Crippen LogP contribution is 2.30. The van der Waals surface area contributed by atoms with E-state index in [-0.39, 0.29) is 12.5 Å². The first-order valence-electron chi connectivity index (χ1n) is 9.93. The number of sulfonamides is 1. The molecular formula is C23H18ClF2N3O3S. The Morgan fingerprint density at radius 3 is 2.27 bits per heavy atom. The largest absolute Gasteiger partial charge is 0.351 e. The highest BCUT2D eigenvalue weighted by Gasteiger charge is 2.30. The number of carbonyl (C=O) groups is 1. The van der Waals surface area contributed by atoms with Crippen molar-refractivity contribution < 1.29 is 22.0 Å². The van der Waals surface area contributed by atoms with Gasteiger partial charge in [-0.1, -0.05) is 54.1 Å². The van der Waals surface area contributed by atoms with Gasteiger partial charge in [-0.05, 0) is 41.8 Å². The van der Waals surface area contributed by atoms with Gasteiger partial charge in [0, 0.05) is 23.6 Å². The van der Waals surface area contributed by atoms with Crippen molar-refractivity contribution in [2.45, 2.75) is 17.2 Å². The fourth-order valence-electron chi connectivity index (χ4n) is 3.58. The maximum atomic E-state index is 13.5. The van der Waals surface area contributed by atoms with Crippen LogP contribution in [-0.4, -0.2) is 31.7 Å². The van der Waals surface area contributed by atoms with Crippen LogP contribution in [0.2, 0.25) is 5.02 Å². The predicted molar refractivity (Wildman–Crippen MR) is 121 cm³/mol. The second-order valence-corrected chi connectivity index (χ2v) is 9.50. The van der Waals surface area contributed by atoms with Gasteiger partial charge in [0.05, 0.1) is 10.6 Å². The summed E-state index contributed by atoms with van der Waals surface area (Å²) >= 11 is 6.00. The monoisotopic (exact) mass is 489 g/mol. The molecule has 1 unspecified atom stereocenters. The Bertz CT molecular complexity index is 1300. The smallest absolute Gasteiger partial charge is 0.246 e. The zero-order chi connectivity index (χ0) is 23.6. The van der Waals surface area contributed by atoms with Crippen molar-refractivity contribution in [1.82, 2.24) is 9.73 Å². The molecule has 0 aliphatic carbocycles. The highest BCUT2D eigenvalue weighted by atomic mass is 35.5. The molecule has 33 heavy (non-hydrogen) atoms. The van der Waals surface area contributed by atoms with E-state index in [1.54, 1.807) is 24.3 Å². The third-order valence-electron chi connectivity index (χ3n) is 5.13. The molecule has 6 nitrogen and oxygen atoms in total. The number of benzene rings is 3. The Hall–Kier alpha value is -3.30. The molecule has 1 atom stereocenters. The second kappa shape index (κ2) is 9.29. The molecular weight excluding hydrogens is 472 g/mol. The highest BCUT2D eigenvalue weighted by molar-refractivity contribution is 7.90. The van der Waals surface area contributed by atoms with Crippen LogP contribution < -0.4 is 4.72 Å². The van der Waals surface area contributed by atoms with Gasteiger partial charge in [-0.25, -0.2) is 31.7 Å². The summed E-state index contributed by atoms with van der Waals surface area (Å²) in [4.78, 5) is 12.1. The van der Waals surface area contributed by atoms with Gasteiger partial charge in [-0.3, -0.25) is 0 Å². The van der Waals surface area contributed by atoms with Gasteiger partial charge in [0.2, 0.25) is 0 Å². The SMILES string of the molecule is O=C(NS(=O)(=O)c1cc(F)cc(F)c1)N1CCC(c2ccccc2)C(c2ccc(Cl)cc2)=N1. The third-order valence-corrected chi connectivity index (χ3v) is 6.68. The maximum Gasteiger partial charge on any atom is 0.351 e. The normalized spacial score (nSPS) is 16.3. The molecule has 1 N–H and O–H groups in total. The van der Waals surface area contributed by atoms with Crippen molar-refractivity contribution >= 4 is 33.4 Å². The molecule has 4 rings (SSSR count). The number of nitrogens with zero attached hydrogens (tertiary/aromatic N) is 2. The number of hydrogen-bond donors (Lipinski definition) is 1. The molecule has 0 saturated carbocycles. The molecule has 170 valence electrons. The van der Waals surface area contributed by atoms with Gasteiger partial charge in [0.1, 0.15) is 11.6 Å². The summed E-state index contributed by atoms with van der Waals surface area (Å²) in [6, 6.07) is 17.3. The van der Waals surface area contributed by atoms with E-state index in [9.17, 15) is 22.0 Å². The molecule has 3 aromatic rings. The van der Waals surface area contributed by atoms with E-state index < -0.39 is 32.6 Å². The lowest BCUT2D eigenvalue weighted by molar-refractivity contribution is 0.202. The van der Waals surface area contributed by atoms with Crippen LogP contribution in [0.3, 0.4) is 0 Å². The summed E-state index contributed by atoms with van der Waals surface area (Å²) in [5.74, 6) is -2.28. The Labute approximate surface area is 194 Å². The Kier molecular flexibility index (Phi) is 6.44. The lowest BCUT2D eigenvalue weighted by Gasteiger charge is -2.30. The van der Waals surface area contributed by atoms with Crippen LogP contribution in [0.25, 0.3) is 0 Å². The molecule has 0 radical (unpaired) electrons. The molecule has 0 fully saturated rings. The average molecular weight is 490 g/mol. The second-order valence-electron chi connectivity index (χ2n) is 7.38. The Morgan fingerprint density at radius 1 is 1.00 bits per heavy atom. The van der Waals surface area contributed by atoms with Gasteiger partial charge in [-0.2, -0.15) is 5.10 Å². The number of nitrogens with one attached hydrogen (secondary N) is 1. The number of halogens is 3. The minimum absolute atomic E-state index is 0.134. The summed E-state index contributed by atoms with van der Waals surface area (Å²) in [6.45, 7) is 0.134. The number of urea groups is 1. The van der Waals surface area contributed by atoms with Crippen molar-refractivity contribution in [2.24, 2.45) is 5.10 Å². The summed E-state index contributed by atoms with van der Waals surface area (Å²) in [6.07, 6.45) is 0.480. The molecule has 1 aliphatic rings. The summed E-state index contributed by atoms with van der Waals surface area (Å²) in [5.41, 5.74) is 2.28. The fourth-order valence-corrected chi connectivity index (χ4v) is 4.70. The lowest BCUT2D eigenvalue weighted by Crippen LogP contribution is -2.44. The van der Waals surface area contributed by atoms with Crippen LogP contribution in [0.4, 0.5) is 13.6 Å². The first-order valence-corrected chi connectivity index (χ1v) is 11.8. The van der Waals surface area contributed by atoms with Gasteiger partial charge < -0.3 is 0 Å². The fraction of sp³-hybridized carbons (Fsp3) is 0.130. The van der Waals surface area contributed by atoms with Crippen molar-refractivity contribution in [3.05, 3.63) is 101 Å². The van der Waals surface area contributed by atoms with Crippen LogP contribution in [0.1, 0.15) is 23.5 Å². The number of amides is 2. The average Bonchev–Trinajstić information content (AvgIpc) is 2.79. The minimum Gasteiger partial charge on any atom is -0.246 e. The molecule has 1 heterocycles. The molecule has 3 aromatic carbocycles. The van der Waals surface area contributed by atoms with Gasteiger partial charge in [0.15, 0.2) is 0 Å².